The number of carbonyl (C=O) groups is 2. The van der Waals surface area contributed by atoms with Crippen molar-refractivity contribution in [3.63, 3.8) is 0 Å². The van der Waals surface area contributed by atoms with Crippen LogP contribution in [-0.4, -0.2) is 74.6 Å². The number of nitrogens with zero attached hydrogens (tertiary/aromatic N) is 3. The lowest BCUT2D eigenvalue weighted by Crippen LogP contribution is -2.35. The SMILES string of the molecule is CCN(CC)CC(O)CNc1nc(-c2cccc(Cl)c2)no1.O=C(O)/C=C/C(=O)O. The number of carboxylic acids is 2. The predicted molar refractivity (Wildman–Crippen MR) is 111 cm³/mol. The van der Waals surface area contributed by atoms with Crippen LogP contribution in [0.2, 0.25) is 5.02 Å². The highest BCUT2D eigenvalue weighted by molar-refractivity contribution is 6.30. The van der Waals surface area contributed by atoms with Crippen LogP contribution in [0.3, 0.4) is 0 Å². The first-order chi connectivity index (χ1) is 14.2. The lowest BCUT2D eigenvalue weighted by molar-refractivity contribution is -0.134. The molecule has 0 aliphatic heterocycles. The molecular weight excluding hydrogens is 416 g/mol. The third-order valence-electron chi connectivity index (χ3n) is 3.73. The first-order valence-electron chi connectivity index (χ1n) is 9.13. The number of aliphatic hydroxyl groups excluding tert-OH is 1. The van der Waals surface area contributed by atoms with E-state index in [-0.39, 0.29) is 6.01 Å². The van der Waals surface area contributed by atoms with Crippen molar-refractivity contribution in [3.05, 3.63) is 41.4 Å². The van der Waals surface area contributed by atoms with Crippen LogP contribution in [0.5, 0.6) is 0 Å². The Morgan fingerprint density at radius 1 is 1.23 bits per heavy atom. The van der Waals surface area contributed by atoms with Crippen LogP contribution in [0.4, 0.5) is 6.01 Å². The monoisotopic (exact) mass is 440 g/mol. The van der Waals surface area contributed by atoms with Crippen molar-refractivity contribution in [2.24, 2.45) is 0 Å². The van der Waals surface area contributed by atoms with Crippen LogP contribution in [0, 0.1) is 0 Å². The second kappa shape index (κ2) is 13.3. The van der Waals surface area contributed by atoms with Gasteiger partial charge in [0.25, 0.3) is 0 Å². The Morgan fingerprint density at radius 2 is 1.87 bits per heavy atom. The smallest absolute Gasteiger partial charge is 0.328 e. The fourth-order valence-corrected chi connectivity index (χ4v) is 2.42. The summed E-state index contributed by atoms with van der Waals surface area (Å²) in [5, 5.41) is 33.1. The molecule has 2 aromatic rings. The molecule has 0 spiro atoms. The zero-order valence-electron chi connectivity index (χ0n) is 16.7. The lowest BCUT2D eigenvalue weighted by Gasteiger charge is -2.21. The van der Waals surface area contributed by atoms with Crippen LogP contribution < -0.4 is 5.32 Å². The van der Waals surface area contributed by atoms with E-state index in [1.54, 1.807) is 12.1 Å². The molecule has 0 aliphatic carbocycles. The number of aliphatic carboxylic acids is 2. The molecule has 164 valence electrons. The first kappa shape index (κ1) is 25.1. The molecule has 30 heavy (non-hydrogen) atoms. The number of rotatable bonds is 10. The van der Waals surface area contributed by atoms with Crippen molar-refractivity contribution < 1.29 is 29.4 Å². The predicted octanol–water partition coefficient (Wildman–Crippen LogP) is 2.22. The number of likely N-dealkylation sites (N-methyl/N-ethyl adjacent to an activating group) is 1. The molecule has 0 fully saturated rings. The van der Waals surface area contributed by atoms with Crippen LogP contribution in [0.15, 0.2) is 40.9 Å². The Labute approximate surface area is 178 Å². The first-order valence-corrected chi connectivity index (χ1v) is 9.50. The van der Waals surface area contributed by atoms with E-state index >= 15 is 0 Å². The zero-order valence-corrected chi connectivity index (χ0v) is 17.4. The quantitative estimate of drug-likeness (QED) is 0.405. The van der Waals surface area contributed by atoms with E-state index in [9.17, 15) is 14.7 Å². The molecule has 1 unspecified atom stereocenters. The lowest BCUT2D eigenvalue weighted by atomic mass is 10.2. The highest BCUT2D eigenvalue weighted by atomic mass is 35.5. The summed E-state index contributed by atoms with van der Waals surface area (Å²) in [4.78, 5) is 25.5. The maximum atomic E-state index is 9.99. The highest BCUT2D eigenvalue weighted by Gasteiger charge is 2.12. The van der Waals surface area contributed by atoms with Crippen molar-refractivity contribution in [2.75, 3.05) is 31.5 Å². The molecule has 0 saturated heterocycles. The molecule has 1 atom stereocenters. The van der Waals surface area contributed by atoms with E-state index in [4.69, 9.17) is 26.3 Å². The summed E-state index contributed by atoms with van der Waals surface area (Å²) in [7, 11) is 0. The minimum absolute atomic E-state index is 0.286. The van der Waals surface area contributed by atoms with Gasteiger partial charge in [0.15, 0.2) is 0 Å². The van der Waals surface area contributed by atoms with Gasteiger partial charge < -0.3 is 30.1 Å². The van der Waals surface area contributed by atoms with Gasteiger partial charge in [-0.05, 0) is 25.2 Å². The summed E-state index contributed by atoms with van der Waals surface area (Å²) in [6.07, 6.45) is 0.617. The molecule has 0 aliphatic rings. The third-order valence-corrected chi connectivity index (χ3v) is 3.96. The maximum Gasteiger partial charge on any atom is 0.328 e. The summed E-state index contributed by atoms with van der Waals surface area (Å²) in [6, 6.07) is 7.53. The van der Waals surface area contributed by atoms with E-state index in [2.05, 4.69) is 34.2 Å². The van der Waals surface area contributed by atoms with Gasteiger partial charge in [0.2, 0.25) is 5.82 Å². The maximum absolute atomic E-state index is 9.99. The van der Waals surface area contributed by atoms with E-state index in [1.807, 2.05) is 12.1 Å². The molecule has 0 amide bonds. The number of carboxylic acid groups (broad SMARTS) is 2. The third kappa shape index (κ3) is 10.0. The van der Waals surface area contributed by atoms with Gasteiger partial charge in [0.05, 0.1) is 6.10 Å². The Hall–Kier alpha value is -2.95. The van der Waals surface area contributed by atoms with E-state index in [1.165, 1.54) is 0 Å². The van der Waals surface area contributed by atoms with Gasteiger partial charge in [-0.25, -0.2) is 9.59 Å². The normalized spacial score (nSPS) is 11.8. The van der Waals surface area contributed by atoms with E-state index in [0.717, 1.165) is 18.7 Å². The number of benzene rings is 1. The van der Waals surface area contributed by atoms with Gasteiger partial charge in [-0.15, -0.1) is 0 Å². The number of aliphatic hydroxyl groups is 1. The number of aromatic nitrogens is 2. The van der Waals surface area contributed by atoms with Crippen molar-refractivity contribution in [3.8, 4) is 11.4 Å². The molecule has 0 bridgehead atoms. The minimum Gasteiger partial charge on any atom is -0.478 e. The average Bonchev–Trinajstić information content (AvgIpc) is 3.18. The van der Waals surface area contributed by atoms with E-state index < -0.39 is 18.0 Å². The van der Waals surface area contributed by atoms with Crippen LogP contribution in [0.1, 0.15) is 13.8 Å². The fraction of sp³-hybridized carbons (Fsp3) is 0.368. The van der Waals surface area contributed by atoms with Gasteiger partial charge in [0, 0.05) is 35.8 Å². The van der Waals surface area contributed by atoms with Gasteiger partial charge in [-0.2, -0.15) is 4.98 Å². The van der Waals surface area contributed by atoms with Crippen molar-refractivity contribution in [1.82, 2.24) is 15.0 Å². The molecule has 10 nitrogen and oxygen atoms in total. The summed E-state index contributed by atoms with van der Waals surface area (Å²) < 4.78 is 5.13. The molecule has 1 aromatic heterocycles. The van der Waals surface area contributed by atoms with E-state index in [0.29, 0.717) is 36.1 Å². The van der Waals surface area contributed by atoms with Crippen molar-refractivity contribution in [2.45, 2.75) is 20.0 Å². The zero-order chi connectivity index (χ0) is 22.5. The number of anilines is 1. The molecule has 1 heterocycles. The Balaban J connectivity index is 0.000000479. The molecule has 0 saturated carbocycles. The summed E-state index contributed by atoms with van der Waals surface area (Å²) in [5.74, 6) is -2.05. The molecule has 2 rings (SSSR count). The topological polar surface area (TPSA) is 149 Å². The number of hydrogen-bond donors (Lipinski definition) is 4. The van der Waals surface area contributed by atoms with Crippen LogP contribution in [0.25, 0.3) is 11.4 Å². The number of hydrogen-bond acceptors (Lipinski definition) is 8. The Morgan fingerprint density at radius 3 is 2.40 bits per heavy atom. The second-order valence-electron chi connectivity index (χ2n) is 5.96. The van der Waals surface area contributed by atoms with Crippen molar-refractivity contribution in [1.29, 1.82) is 0 Å². The second-order valence-corrected chi connectivity index (χ2v) is 6.40. The van der Waals surface area contributed by atoms with Crippen molar-refractivity contribution >= 4 is 29.6 Å². The molecule has 1 aromatic carbocycles. The van der Waals surface area contributed by atoms with Gasteiger partial charge in [-0.3, -0.25) is 0 Å². The Bertz CT molecular complexity index is 822. The fourth-order valence-electron chi connectivity index (χ4n) is 2.23. The largest absolute Gasteiger partial charge is 0.478 e. The van der Waals surface area contributed by atoms with Crippen LogP contribution >= 0.6 is 11.6 Å². The Kier molecular flexibility index (Phi) is 11.1. The standard InChI is InChI=1S/C15H21ClN4O2.C4H4O4/c1-3-20(4-2)10-13(21)9-17-15-18-14(19-22-15)11-6-5-7-12(16)8-11;5-3(6)1-2-4(7)8/h5-8,13,21H,3-4,9-10H2,1-2H3,(H,17,18,19);1-2H,(H,5,6)(H,7,8)/b;2-1+. The molecule has 11 heteroatoms. The van der Waals surface area contributed by atoms with Gasteiger partial charge >= 0.3 is 18.0 Å². The summed E-state index contributed by atoms with van der Waals surface area (Å²) in [5.41, 5.74) is 0.785. The molecule has 0 radical (unpaired) electrons. The molecule has 4 N–H and O–H groups in total. The number of halogens is 1. The summed E-state index contributed by atoms with van der Waals surface area (Å²) in [6.45, 7) is 6.92. The molecular formula is C19H25ClN4O6. The number of nitrogens with one attached hydrogen (secondary N) is 1. The highest BCUT2D eigenvalue weighted by Crippen LogP contribution is 2.21. The van der Waals surface area contributed by atoms with Crippen LogP contribution in [-0.2, 0) is 9.59 Å². The average molecular weight is 441 g/mol. The van der Waals surface area contributed by atoms with Gasteiger partial charge in [-0.1, -0.05) is 42.7 Å². The minimum atomic E-state index is -1.26. The summed E-state index contributed by atoms with van der Waals surface area (Å²) >= 11 is 5.94. The van der Waals surface area contributed by atoms with Gasteiger partial charge in [0.1, 0.15) is 0 Å².